The first kappa shape index (κ1) is 15.1. The zero-order valence-corrected chi connectivity index (χ0v) is 14.2. The maximum atomic E-state index is 12.1. The van der Waals surface area contributed by atoms with Crippen LogP contribution in [0.5, 0.6) is 0 Å². The van der Waals surface area contributed by atoms with E-state index in [1.54, 1.807) is 34.4 Å². The van der Waals surface area contributed by atoms with Crippen molar-refractivity contribution in [2.24, 2.45) is 0 Å². The van der Waals surface area contributed by atoms with Crippen LogP contribution in [-0.2, 0) is 10.5 Å². The number of thiophene rings is 1. The summed E-state index contributed by atoms with van der Waals surface area (Å²) >= 11 is 5.05. The maximum Gasteiger partial charge on any atom is 0.232 e. The lowest BCUT2D eigenvalue weighted by Gasteiger charge is -2.26. The van der Waals surface area contributed by atoms with Crippen LogP contribution < -0.4 is 0 Å². The number of thioether (sulfide) groups is 1. The zero-order valence-electron chi connectivity index (χ0n) is 11.8. The Bertz CT molecular complexity index is 574. The number of hydrogen-bond donors (Lipinski definition) is 0. The van der Waals surface area contributed by atoms with Crippen molar-refractivity contribution in [1.82, 2.24) is 9.88 Å². The van der Waals surface area contributed by atoms with Gasteiger partial charge in [0.15, 0.2) is 0 Å². The van der Waals surface area contributed by atoms with E-state index < -0.39 is 0 Å². The van der Waals surface area contributed by atoms with E-state index in [9.17, 15) is 4.79 Å². The standard InChI is InChI=1S/C15H18N2OS3/c18-14(17-5-2-1-3-6-17)11-20-9-13-10-21-15(16-13)12-4-7-19-8-12/h4,7-8,10H,1-3,5-6,9,11H2. The van der Waals surface area contributed by atoms with Crippen molar-refractivity contribution in [2.45, 2.75) is 25.0 Å². The van der Waals surface area contributed by atoms with E-state index in [-0.39, 0.29) is 5.91 Å². The van der Waals surface area contributed by atoms with E-state index >= 15 is 0 Å². The molecule has 1 saturated heterocycles. The van der Waals surface area contributed by atoms with Crippen molar-refractivity contribution in [1.29, 1.82) is 0 Å². The van der Waals surface area contributed by atoms with Crippen LogP contribution >= 0.6 is 34.4 Å². The number of carbonyl (C=O) groups is 1. The number of thiazole rings is 1. The lowest BCUT2D eigenvalue weighted by Crippen LogP contribution is -2.36. The first-order valence-corrected chi connectivity index (χ1v) is 10.1. The highest BCUT2D eigenvalue weighted by atomic mass is 32.2. The minimum atomic E-state index is 0.285. The molecule has 2 aromatic heterocycles. The molecule has 3 heterocycles. The number of likely N-dealkylation sites (tertiary alicyclic amines) is 1. The quantitative estimate of drug-likeness (QED) is 0.822. The van der Waals surface area contributed by atoms with E-state index in [2.05, 4.69) is 27.2 Å². The molecule has 6 heteroatoms. The predicted molar refractivity (Wildman–Crippen MR) is 92.0 cm³/mol. The van der Waals surface area contributed by atoms with Gasteiger partial charge < -0.3 is 4.90 Å². The molecule has 0 atom stereocenters. The molecule has 3 rings (SSSR count). The lowest BCUT2D eigenvalue weighted by atomic mass is 10.1. The number of carbonyl (C=O) groups excluding carboxylic acids is 1. The van der Waals surface area contributed by atoms with Crippen LogP contribution in [0, 0.1) is 0 Å². The molecule has 3 nitrogen and oxygen atoms in total. The third-order valence-electron chi connectivity index (χ3n) is 3.50. The fourth-order valence-electron chi connectivity index (χ4n) is 2.37. The highest BCUT2D eigenvalue weighted by Crippen LogP contribution is 2.27. The number of piperidine rings is 1. The molecule has 1 aliphatic rings. The van der Waals surface area contributed by atoms with Crippen molar-refractivity contribution < 1.29 is 4.79 Å². The molecule has 112 valence electrons. The molecule has 1 fully saturated rings. The number of hydrogen-bond acceptors (Lipinski definition) is 5. The van der Waals surface area contributed by atoms with E-state index in [1.165, 1.54) is 12.0 Å². The number of nitrogens with zero attached hydrogens (tertiary/aromatic N) is 2. The fraction of sp³-hybridized carbons (Fsp3) is 0.467. The van der Waals surface area contributed by atoms with Gasteiger partial charge >= 0.3 is 0 Å². The van der Waals surface area contributed by atoms with Gasteiger partial charge in [-0.25, -0.2) is 4.98 Å². The zero-order chi connectivity index (χ0) is 14.5. The fourth-order valence-corrected chi connectivity index (χ4v) is 4.82. The van der Waals surface area contributed by atoms with Gasteiger partial charge in [-0.1, -0.05) is 0 Å². The second kappa shape index (κ2) is 7.42. The Balaban J connectivity index is 1.46. The molecule has 0 spiro atoms. The summed E-state index contributed by atoms with van der Waals surface area (Å²) < 4.78 is 0. The molecule has 0 aromatic carbocycles. The Labute approximate surface area is 137 Å². The van der Waals surface area contributed by atoms with Crippen LogP contribution in [0.15, 0.2) is 22.2 Å². The monoisotopic (exact) mass is 338 g/mol. The summed E-state index contributed by atoms with van der Waals surface area (Å²) in [7, 11) is 0. The average molecular weight is 339 g/mol. The highest BCUT2D eigenvalue weighted by Gasteiger charge is 2.16. The van der Waals surface area contributed by atoms with Crippen molar-refractivity contribution in [3.63, 3.8) is 0 Å². The minimum absolute atomic E-state index is 0.285. The van der Waals surface area contributed by atoms with Gasteiger partial charge in [0.25, 0.3) is 0 Å². The SMILES string of the molecule is O=C(CSCc1csc(-c2ccsc2)n1)N1CCCCC1. The summed E-state index contributed by atoms with van der Waals surface area (Å²) in [5.74, 6) is 1.68. The summed E-state index contributed by atoms with van der Waals surface area (Å²) in [5, 5.41) is 7.37. The molecule has 2 aromatic rings. The van der Waals surface area contributed by atoms with Crippen LogP contribution in [0.1, 0.15) is 25.0 Å². The number of amides is 1. The van der Waals surface area contributed by atoms with Gasteiger partial charge in [0.1, 0.15) is 5.01 Å². The summed E-state index contributed by atoms with van der Waals surface area (Å²) in [5.41, 5.74) is 2.28. The van der Waals surface area contributed by atoms with Gasteiger partial charge in [-0.15, -0.1) is 23.1 Å². The average Bonchev–Trinajstić information content (AvgIpc) is 3.19. The van der Waals surface area contributed by atoms with Gasteiger partial charge in [-0.3, -0.25) is 4.79 Å². The minimum Gasteiger partial charge on any atom is -0.342 e. The van der Waals surface area contributed by atoms with Gasteiger partial charge in [0, 0.05) is 35.2 Å². The lowest BCUT2D eigenvalue weighted by molar-refractivity contribution is -0.129. The summed E-state index contributed by atoms with van der Waals surface area (Å²) in [6, 6.07) is 2.10. The van der Waals surface area contributed by atoms with Crippen molar-refractivity contribution in [3.8, 4) is 10.6 Å². The number of aromatic nitrogens is 1. The Morgan fingerprint density at radius 3 is 2.90 bits per heavy atom. The smallest absolute Gasteiger partial charge is 0.232 e. The topological polar surface area (TPSA) is 33.2 Å². The number of rotatable bonds is 5. The predicted octanol–water partition coefficient (Wildman–Crippen LogP) is 4.12. The molecule has 1 amide bonds. The Kier molecular flexibility index (Phi) is 5.32. The summed E-state index contributed by atoms with van der Waals surface area (Å²) in [4.78, 5) is 18.7. The molecule has 21 heavy (non-hydrogen) atoms. The van der Waals surface area contributed by atoms with Crippen molar-refractivity contribution in [2.75, 3.05) is 18.8 Å². The largest absolute Gasteiger partial charge is 0.342 e. The summed E-state index contributed by atoms with van der Waals surface area (Å²) in [6.07, 6.45) is 3.58. The van der Waals surface area contributed by atoms with Gasteiger partial charge in [-0.2, -0.15) is 11.3 Å². The van der Waals surface area contributed by atoms with Gasteiger partial charge in [0.05, 0.1) is 11.4 Å². The molecule has 0 bridgehead atoms. The van der Waals surface area contributed by atoms with Gasteiger partial charge in [0.2, 0.25) is 5.91 Å². The Hall–Kier alpha value is -0.850. The van der Waals surface area contributed by atoms with E-state index in [0.717, 1.165) is 42.4 Å². The third kappa shape index (κ3) is 4.08. The molecule has 0 saturated carbocycles. The second-order valence-corrected chi connectivity index (χ2v) is 7.71. The van der Waals surface area contributed by atoms with E-state index in [4.69, 9.17) is 0 Å². The molecule has 0 unspecified atom stereocenters. The first-order valence-electron chi connectivity index (χ1n) is 7.15. The van der Waals surface area contributed by atoms with E-state index in [1.807, 2.05) is 4.90 Å². The molecular weight excluding hydrogens is 320 g/mol. The first-order chi connectivity index (χ1) is 10.3. The normalized spacial score (nSPS) is 15.3. The van der Waals surface area contributed by atoms with Crippen LogP contribution in [0.4, 0.5) is 0 Å². The highest BCUT2D eigenvalue weighted by molar-refractivity contribution is 7.99. The van der Waals surface area contributed by atoms with Crippen molar-refractivity contribution >= 4 is 40.3 Å². The third-order valence-corrected chi connectivity index (χ3v) is 6.08. The molecular formula is C15H18N2OS3. The van der Waals surface area contributed by atoms with Crippen molar-refractivity contribution in [3.05, 3.63) is 27.9 Å². The van der Waals surface area contributed by atoms with Crippen LogP contribution in [-0.4, -0.2) is 34.6 Å². The van der Waals surface area contributed by atoms with Crippen LogP contribution in [0.3, 0.4) is 0 Å². The molecule has 0 aliphatic carbocycles. The molecule has 0 N–H and O–H groups in total. The van der Waals surface area contributed by atoms with Gasteiger partial charge in [-0.05, 0) is 30.7 Å². The Morgan fingerprint density at radius 1 is 1.29 bits per heavy atom. The summed E-state index contributed by atoms with van der Waals surface area (Å²) in [6.45, 7) is 1.89. The van der Waals surface area contributed by atoms with Crippen LogP contribution in [0.25, 0.3) is 10.6 Å². The Morgan fingerprint density at radius 2 is 2.14 bits per heavy atom. The maximum absolute atomic E-state index is 12.1. The molecule has 1 aliphatic heterocycles. The molecule has 0 radical (unpaired) electrons. The van der Waals surface area contributed by atoms with E-state index in [0.29, 0.717) is 5.75 Å². The second-order valence-electron chi connectivity index (χ2n) is 5.09. The van der Waals surface area contributed by atoms with Crippen LogP contribution in [0.2, 0.25) is 0 Å².